The van der Waals surface area contributed by atoms with Crippen LogP contribution in [-0.4, -0.2) is 50.3 Å². The van der Waals surface area contributed by atoms with E-state index in [0.717, 1.165) is 13.0 Å². The number of aliphatic carboxylic acids is 2. The number of hydrogen-bond donors (Lipinski definition) is 4. The highest BCUT2D eigenvalue weighted by molar-refractivity contribution is 5.86. The van der Waals surface area contributed by atoms with Crippen molar-refractivity contribution < 1.29 is 24.6 Å². The summed E-state index contributed by atoms with van der Waals surface area (Å²) < 4.78 is 1.91. The summed E-state index contributed by atoms with van der Waals surface area (Å²) in [5.41, 5.74) is 0. The van der Waals surface area contributed by atoms with Crippen LogP contribution in [0.4, 0.5) is 4.79 Å². The van der Waals surface area contributed by atoms with E-state index in [0.29, 0.717) is 13.0 Å². The van der Waals surface area contributed by atoms with Crippen LogP contribution < -0.4 is 10.6 Å². The number of hydrogen-bond acceptors (Lipinski definition) is 4. The summed E-state index contributed by atoms with van der Waals surface area (Å²) in [5, 5.41) is 21.9. The lowest BCUT2D eigenvalue weighted by Gasteiger charge is -2.13. The monoisotopic (exact) mass is 298 g/mol. The van der Waals surface area contributed by atoms with Crippen molar-refractivity contribution in [1.29, 1.82) is 0 Å². The van der Waals surface area contributed by atoms with Gasteiger partial charge in [-0.2, -0.15) is 0 Å². The predicted octanol–water partition coefficient (Wildman–Crippen LogP) is -0.110. The van der Waals surface area contributed by atoms with Crippen molar-refractivity contribution in [2.24, 2.45) is 0 Å². The van der Waals surface area contributed by atoms with E-state index in [1.807, 2.05) is 10.8 Å². The van der Waals surface area contributed by atoms with Gasteiger partial charge in [-0.25, -0.2) is 14.6 Å². The van der Waals surface area contributed by atoms with Crippen LogP contribution in [0, 0.1) is 0 Å². The number of rotatable bonds is 9. The Labute approximate surface area is 121 Å². The molecule has 4 N–H and O–H groups in total. The maximum Gasteiger partial charge on any atom is 0.326 e. The maximum atomic E-state index is 11.4. The van der Waals surface area contributed by atoms with E-state index in [-0.39, 0.29) is 0 Å². The number of nitrogens with zero attached hydrogens (tertiary/aromatic N) is 2. The number of urea groups is 1. The van der Waals surface area contributed by atoms with Gasteiger partial charge >= 0.3 is 18.0 Å². The molecule has 9 heteroatoms. The topological polar surface area (TPSA) is 134 Å². The molecule has 0 bridgehead atoms. The Morgan fingerprint density at radius 3 is 2.57 bits per heavy atom. The number of amides is 2. The zero-order valence-corrected chi connectivity index (χ0v) is 11.4. The van der Waals surface area contributed by atoms with Crippen molar-refractivity contribution in [3.8, 4) is 0 Å². The van der Waals surface area contributed by atoms with Crippen LogP contribution in [0.1, 0.15) is 19.3 Å². The lowest BCUT2D eigenvalue weighted by atomic mass is 10.2. The molecule has 0 saturated heterocycles. The minimum atomic E-state index is -1.44. The van der Waals surface area contributed by atoms with Crippen LogP contribution >= 0.6 is 0 Å². The van der Waals surface area contributed by atoms with Gasteiger partial charge in [0.05, 0.1) is 12.7 Å². The first-order valence-electron chi connectivity index (χ1n) is 6.43. The summed E-state index contributed by atoms with van der Waals surface area (Å²) >= 11 is 0. The molecule has 0 unspecified atom stereocenters. The highest BCUT2D eigenvalue weighted by Gasteiger charge is 2.22. The van der Waals surface area contributed by atoms with Gasteiger partial charge in [-0.1, -0.05) is 0 Å². The van der Waals surface area contributed by atoms with Gasteiger partial charge in [0, 0.05) is 25.5 Å². The number of carbonyl (C=O) groups is 3. The number of nitrogens with one attached hydrogen (secondary N) is 2. The molecule has 1 aromatic rings. The molecule has 0 spiro atoms. The van der Waals surface area contributed by atoms with Crippen molar-refractivity contribution in [3.63, 3.8) is 0 Å². The summed E-state index contributed by atoms with van der Waals surface area (Å²) in [5.74, 6) is -2.67. The normalized spacial score (nSPS) is 11.6. The Hall–Kier alpha value is -2.58. The standard InChI is InChI=1S/C12H18N4O5/c17-10(18)7-9(11(19)20)15-12(21)14-3-1-2-5-16-6-4-13-8-16/h4,6,8-9H,1-3,5,7H2,(H,17,18)(H,19,20)(H2,14,15,21)/t9-/m1/s1. The lowest BCUT2D eigenvalue weighted by Crippen LogP contribution is -2.47. The molecule has 0 aromatic carbocycles. The lowest BCUT2D eigenvalue weighted by molar-refractivity contribution is -0.145. The Bertz CT molecular complexity index is 474. The third-order valence-electron chi connectivity index (χ3n) is 2.67. The molecule has 0 saturated carbocycles. The van der Waals surface area contributed by atoms with E-state index >= 15 is 0 Å². The second-order valence-corrected chi connectivity index (χ2v) is 4.40. The molecule has 0 aliphatic carbocycles. The molecule has 0 fully saturated rings. The fourth-order valence-electron chi connectivity index (χ4n) is 1.62. The van der Waals surface area contributed by atoms with Gasteiger partial charge in [0.15, 0.2) is 0 Å². The Balaban J connectivity index is 2.17. The molecular weight excluding hydrogens is 280 g/mol. The average Bonchev–Trinajstić information content (AvgIpc) is 2.90. The largest absolute Gasteiger partial charge is 0.481 e. The van der Waals surface area contributed by atoms with E-state index in [1.54, 1.807) is 12.5 Å². The van der Waals surface area contributed by atoms with Gasteiger partial charge in [0.1, 0.15) is 6.04 Å². The fraction of sp³-hybridized carbons (Fsp3) is 0.500. The highest BCUT2D eigenvalue weighted by Crippen LogP contribution is 1.95. The first-order chi connectivity index (χ1) is 9.99. The Kier molecular flexibility index (Phi) is 6.72. The maximum absolute atomic E-state index is 11.4. The number of carboxylic acid groups (broad SMARTS) is 2. The molecule has 0 aliphatic heterocycles. The van der Waals surface area contributed by atoms with Gasteiger partial charge in [-0.15, -0.1) is 0 Å². The molecule has 1 atom stereocenters. The first kappa shape index (κ1) is 16.5. The number of unbranched alkanes of at least 4 members (excludes halogenated alkanes) is 1. The number of carbonyl (C=O) groups excluding carboxylic acids is 1. The molecule has 21 heavy (non-hydrogen) atoms. The Morgan fingerprint density at radius 1 is 1.24 bits per heavy atom. The molecule has 1 rings (SSSR count). The fourth-order valence-corrected chi connectivity index (χ4v) is 1.62. The second-order valence-electron chi connectivity index (χ2n) is 4.40. The minimum absolute atomic E-state index is 0.375. The second kappa shape index (κ2) is 8.56. The molecule has 0 radical (unpaired) electrons. The summed E-state index contributed by atoms with van der Waals surface area (Å²) in [6, 6.07) is -2.13. The Morgan fingerprint density at radius 2 is 2.00 bits per heavy atom. The van der Waals surface area contributed by atoms with E-state index in [4.69, 9.17) is 10.2 Å². The van der Waals surface area contributed by atoms with E-state index in [2.05, 4.69) is 15.6 Å². The third kappa shape index (κ3) is 6.95. The van der Waals surface area contributed by atoms with Gasteiger partial charge in [0.2, 0.25) is 0 Å². The number of imidazole rings is 1. The molecule has 1 heterocycles. The summed E-state index contributed by atoms with van der Waals surface area (Å²) in [6.07, 6.45) is 6.09. The van der Waals surface area contributed by atoms with Gasteiger partial charge in [-0.05, 0) is 12.8 Å². The van der Waals surface area contributed by atoms with E-state index in [1.165, 1.54) is 0 Å². The number of carboxylic acids is 2. The van der Waals surface area contributed by atoms with Crippen LogP contribution in [-0.2, 0) is 16.1 Å². The van der Waals surface area contributed by atoms with Crippen LogP contribution in [0.3, 0.4) is 0 Å². The number of aryl methyl sites for hydroxylation is 1. The van der Waals surface area contributed by atoms with Crippen LogP contribution in [0.2, 0.25) is 0 Å². The molecule has 1 aromatic heterocycles. The van der Waals surface area contributed by atoms with Crippen molar-refractivity contribution in [2.45, 2.75) is 31.8 Å². The summed E-state index contributed by atoms with van der Waals surface area (Å²) in [6.45, 7) is 1.15. The highest BCUT2D eigenvalue weighted by atomic mass is 16.4. The van der Waals surface area contributed by atoms with Crippen molar-refractivity contribution in [2.75, 3.05) is 6.54 Å². The zero-order valence-electron chi connectivity index (χ0n) is 11.4. The average molecular weight is 298 g/mol. The van der Waals surface area contributed by atoms with Gasteiger partial charge in [-0.3, -0.25) is 4.79 Å². The van der Waals surface area contributed by atoms with Crippen LogP contribution in [0.5, 0.6) is 0 Å². The quantitative estimate of drug-likeness (QED) is 0.470. The van der Waals surface area contributed by atoms with E-state index in [9.17, 15) is 14.4 Å². The third-order valence-corrected chi connectivity index (χ3v) is 2.67. The first-order valence-corrected chi connectivity index (χ1v) is 6.43. The summed E-state index contributed by atoms with van der Waals surface area (Å²) in [4.78, 5) is 36.6. The van der Waals surface area contributed by atoms with E-state index < -0.39 is 30.4 Å². The van der Waals surface area contributed by atoms with Crippen molar-refractivity contribution in [1.82, 2.24) is 20.2 Å². The molecular formula is C12H18N4O5. The minimum Gasteiger partial charge on any atom is -0.481 e. The predicted molar refractivity (Wildman–Crippen MR) is 71.7 cm³/mol. The molecule has 9 nitrogen and oxygen atoms in total. The van der Waals surface area contributed by atoms with Crippen LogP contribution in [0.15, 0.2) is 18.7 Å². The van der Waals surface area contributed by atoms with Crippen molar-refractivity contribution >= 4 is 18.0 Å². The zero-order chi connectivity index (χ0) is 15.7. The number of aromatic nitrogens is 2. The van der Waals surface area contributed by atoms with Crippen molar-refractivity contribution in [3.05, 3.63) is 18.7 Å². The smallest absolute Gasteiger partial charge is 0.326 e. The molecule has 116 valence electrons. The summed E-state index contributed by atoms with van der Waals surface area (Å²) in [7, 11) is 0. The van der Waals surface area contributed by atoms with Crippen LogP contribution in [0.25, 0.3) is 0 Å². The molecule has 2 amide bonds. The van der Waals surface area contributed by atoms with Gasteiger partial charge in [0.25, 0.3) is 0 Å². The SMILES string of the molecule is O=C(O)C[C@@H](NC(=O)NCCCCn1ccnc1)C(=O)O. The van der Waals surface area contributed by atoms with Gasteiger partial charge < -0.3 is 25.4 Å². The molecule has 0 aliphatic rings.